The van der Waals surface area contributed by atoms with Gasteiger partial charge in [-0.2, -0.15) is 0 Å². The van der Waals surface area contributed by atoms with E-state index >= 15 is 0 Å². The van der Waals surface area contributed by atoms with E-state index < -0.39 is 0 Å². The summed E-state index contributed by atoms with van der Waals surface area (Å²) in [6, 6.07) is 14.1. The first-order valence-electron chi connectivity index (χ1n) is 9.06. The van der Waals surface area contributed by atoms with Crippen LogP contribution < -0.4 is 0 Å². The number of halogens is 3. The van der Waals surface area contributed by atoms with Crippen molar-refractivity contribution >= 4 is 57.2 Å². The van der Waals surface area contributed by atoms with Crippen molar-refractivity contribution in [1.82, 2.24) is 4.90 Å². The van der Waals surface area contributed by atoms with Gasteiger partial charge in [-0.3, -0.25) is 0 Å². The van der Waals surface area contributed by atoms with E-state index in [1.807, 2.05) is 36.0 Å². The van der Waals surface area contributed by atoms with E-state index in [1.54, 1.807) is 6.07 Å². The molecule has 2 nitrogen and oxygen atoms in total. The average molecular weight is 441 g/mol. The molecule has 1 aliphatic carbocycles. The monoisotopic (exact) mass is 439 g/mol. The Hall–Kier alpha value is -0.840. The molecule has 0 spiro atoms. The SMILES string of the molecule is OC1CCC(N2CSC(c3ccc(Cl)cc3)=C2c2ccc(Cl)cc2Cl)CC1. The molecule has 2 aromatic rings. The fraction of sp³-hybridized carbons (Fsp3) is 0.333. The van der Waals surface area contributed by atoms with Crippen LogP contribution in [0.4, 0.5) is 0 Å². The lowest BCUT2D eigenvalue weighted by Gasteiger charge is -2.36. The molecule has 1 aliphatic heterocycles. The maximum atomic E-state index is 9.90. The van der Waals surface area contributed by atoms with Crippen LogP contribution in [0.2, 0.25) is 15.1 Å². The van der Waals surface area contributed by atoms with E-state index in [0.717, 1.165) is 53.4 Å². The minimum atomic E-state index is -0.168. The molecule has 2 aliphatic rings. The number of hydrogen-bond donors (Lipinski definition) is 1. The Bertz CT molecular complexity index is 860. The molecule has 1 heterocycles. The fourth-order valence-electron chi connectivity index (χ4n) is 3.84. The molecule has 0 bridgehead atoms. The van der Waals surface area contributed by atoms with Gasteiger partial charge in [0.2, 0.25) is 0 Å². The molecule has 0 aromatic heterocycles. The van der Waals surface area contributed by atoms with Crippen molar-refractivity contribution in [1.29, 1.82) is 0 Å². The molecule has 4 rings (SSSR count). The molecule has 0 radical (unpaired) electrons. The number of rotatable bonds is 3. The average Bonchev–Trinajstić information content (AvgIpc) is 3.08. The molecular formula is C21H20Cl3NOS. The van der Waals surface area contributed by atoms with Gasteiger partial charge in [-0.15, -0.1) is 11.8 Å². The zero-order valence-corrected chi connectivity index (χ0v) is 17.8. The Morgan fingerprint density at radius 3 is 2.22 bits per heavy atom. The van der Waals surface area contributed by atoms with Gasteiger partial charge in [-0.25, -0.2) is 0 Å². The van der Waals surface area contributed by atoms with Crippen LogP contribution >= 0.6 is 46.6 Å². The quantitative estimate of drug-likeness (QED) is 0.569. The van der Waals surface area contributed by atoms with E-state index in [2.05, 4.69) is 17.0 Å². The summed E-state index contributed by atoms with van der Waals surface area (Å²) in [5.74, 6) is 0.882. The van der Waals surface area contributed by atoms with Crippen LogP contribution in [0.3, 0.4) is 0 Å². The van der Waals surface area contributed by atoms with Gasteiger partial charge >= 0.3 is 0 Å². The number of aliphatic hydroxyl groups is 1. The molecule has 1 saturated carbocycles. The second-order valence-electron chi connectivity index (χ2n) is 7.01. The van der Waals surface area contributed by atoms with E-state index in [0.29, 0.717) is 16.1 Å². The minimum absolute atomic E-state index is 0.168. The van der Waals surface area contributed by atoms with Crippen LogP contribution in [0, 0.1) is 0 Å². The van der Waals surface area contributed by atoms with Crippen molar-refractivity contribution in [3.63, 3.8) is 0 Å². The molecule has 0 amide bonds. The number of aliphatic hydroxyl groups excluding tert-OH is 1. The van der Waals surface area contributed by atoms with E-state index in [9.17, 15) is 5.11 Å². The van der Waals surface area contributed by atoms with Crippen molar-refractivity contribution in [2.45, 2.75) is 37.8 Å². The Kier molecular flexibility index (Phi) is 5.96. The van der Waals surface area contributed by atoms with Crippen LogP contribution in [0.5, 0.6) is 0 Å². The van der Waals surface area contributed by atoms with E-state index in [1.165, 1.54) is 4.91 Å². The third-order valence-electron chi connectivity index (χ3n) is 5.25. The van der Waals surface area contributed by atoms with E-state index in [4.69, 9.17) is 34.8 Å². The maximum Gasteiger partial charge on any atom is 0.0690 e. The summed E-state index contributed by atoms with van der Waals surface area (Å²) in [4.78, 5) is 3.66. The first kappa shape index (κ1) is 19.5. The van der Waals surface area contributed by atoms with Crippen LogP contribution in [0.15, 0.2) is 42.5 Å². The normalized spacial score (nSPS) is 23.2. The van der Waals surface area contributed by atoms with Gasteiger partial charge < -0.3 is 10.0 Å². The van der Waals surface area contributed by atoms with Crippen LogP contribution in [-0.2, 0) is 0 Å². The highest BCUT2D eigenvalue weighted by Gasteiger charge is 2.33. The number of benzene rings is 2. The summed E-state index contributed by atoms with van der Waals surface area (Å²) in [7, 11) is 0. The zero-order chi connectivity index (χ0) is 19.0. The van der Waals surface area contributed by atoms with Crippen LogP contribution in [0.25, 0.3) is 10.6 Å². The van der Waals surface area contributed by atoms with Crippen molar-refractivity contribution in [3.8, 4) is 0 Å². The molecule has 1 fully saturated rings. The number of thioether (sulfide) groups is 1. The van der Waals surface area contributed by atoms with Crippen LogP contribution in [0.1, 0.15) is 36.8 Å². The molecule has 0 atom stereocenters. The summed E-state index contributed by atoms with van der Waals surface area (Å²) in [6.07, 6.45) is 3.51. The Balaban J connectivity index is 1.79. The molecule has 6 heteroatoms. The first-order chi connectivity index (χ1) is 13.0. The zero-order valence-electron chi connectivity index (χ0n) is 14.7. The second kappa shape index (κ2) is 8.26. The third kappa shape index (κ3) is 4.13. The molecule has 142 valence electrons. The molecule has 0 saturated heterocycles. The lowest BCUT2D eigenvalue weighted by Crippen LogP contribution is -2.36. The lowest BCUT2D eigenvalue weighted by molar-refractivity contribution is 0.0992. The summed E-state index contributed by atoms with van der Waals surface area (Å²) < 4.78 is 0. The van der Waals surface area contributed by atoms with Crippen molar-refractivity contribution in [3.05, 3.63) is 68.7 Å². The van der Waals surface area contributed by atoms with E-state index in [-0.39, 0.29) is 6.10 Å². The fourth-order valence-corrected chi connectivity index (χ4v) is 5.73. The molecule has 1 N–H and O–H groups in total. The first-order valence-corrected chi connectivity index (χ1v) is 11.2. The predicted octanol–water partition coefficient (Wildman–Crippen LogP) is 6.78. The number of hydrogen-bond acceptors (Lipinski definition) is 3. The van der Waals surface area contributed by atoms with Gasteiger partial charge in [0.1, 0.15) is 0 Å². The maximum absolute atomic E-state index is 9.90. The number of nitrogens with zero attached hydrogens (tertiary/aromatic N) is 1. The predicted molar refractivity (Wildman–Crippen MR) is 117 cm³/mol. The minimum Gasteiger partial charge on any atom is -0.393 e. The highest BCUT2D eigenvalue weighted by Crippen LogP contribution is 2.48. The van der Waals surface area contributed by atoms with Gasteiger partial charge in [0.25, 0.3) is 0 Å². The van der Waals surface area contributed by atoms with Crippen molar-refractivity contribution < 1.29 is 5.11 Å². The largest absolute Gasteiger partial charge is 0.393 e. The highest BCUT2D eigenvalue weighted by molar-refractivity contribution is 8.08. The Morgan fingerprint density at radius 1 is 0.889 bits per heavy atom. The summed E-state index contributed by atoms with van der Waals surface area (Å²) in [5, 5.41) is 11.9. The van der Waals surface area contributed by atoms with Gasteiger partial charge in [0.05, 0.1) is 22.7 Å². The Labute approximate surface area is 179 Å². The standard InChI is InChI=1S/C21H20Cl3NOS/c22-14-3-1-13(2-4-14)21-20(18-10-5-15(23)11-19(18)24)25(12-27-21)16-6-8-17(26)9-7-16/h1-5,10-11,16-17,26H,6-9,12H2. The summed E-state index contributed by atoms with van der Waals surface area (Å²) >= 11 is 20.6. The Morgan fingerprint density at radius 2 is 1.56 bits per heavy atom. The molecular weight excluding hydrogens is 421 g/mol. The molecule has 0 unspecified atom stereocenters. The third-order valence-corrected chi connectivity index (χ3v) is 7.17. The second-order valence-corrected chi connectivity index (χ2v) is 9.25. The highest BCUT2D eigenvalue weighted by atomic mass is 35.5. The topological polar surface area (TPSA) is 23.5 Å². The van der Waals surface area contributed by atoms with Gasteiger partial charge in [0, 0.05) is 26.6 Å². The summed E-state index contributed by atoms with van der Waals surface area (Å²) in [5.41, 5.74) is 3.30. The molecule has 2 aromatic carbocycles. The van der Waals surface area contributed by atoms with Crippen molar-refractivity contribution in [2.75, 3.05) is 5.88 Å². The summed E-state index contributed by atoms with van der Waals surface area (Å²) in [6.45, 7) is 0. The van der Waals surface area contributed by atoms with Gasteiger partial charge in [-0.1, -0.05) is 46.9 Å². The molecule has 27 heavy (non-hydrogen) atoms. The van der Waals surface area contributed by atoms with Crippen LogP contribution in [-0.4, -0.2) is 28.0 Å². The smallest absolute Gasteiger partial charge is 0.0690 e. The van der Waals surface area contributed by atoms with Gasteiger partial charge in [0.15, 0.2) is 0 Å². The van der Waals surface area contributed by atoms with Gasteiger partial charge in [-0.05, 0) is 61.6 Å². The van der Waals surface area contributed by atoms with Crippen molar-refractivity contribution in [2.24, 2.45) is 0 Å². The lowest BCUT2D eigenvalue weighted by atomic mass is 9.91.